The Morgan fingerprint density at radius 2 is 1.88 bits per heavy atom. The van der Waals surface area contributed by atoms with Crippen molar-refractivity contribution in [2.24, 2.45) is 11.0 Å². The second-order valence-corrected chi connectivity index (χ2v) is 4.06. The van der Waals surface area contributed by atoms with Crippen LogP contribution in [0.25, 0.3) is 0 Å². The normalized spacial score (nSPS) is 11.5. The van der Waals surface area contributed by atoms with Crippen LogP contribution in [0.15, 0.2) is 29.4 Å². The highest BCUT2D eigenvalue weighted by atomic mass is 16.5. The number of methoxy groups -OCH3 is 1. The quantitative estimate of drug-likeness (QED) is 0.641. The summed E-state index contributed by atoms with van der Waals surface area (Å²) < 4.78 is 5.07. The summed E-state index contributed by atoms with van der Waals surface area (Å²) in [5, 5.41) is 4.05. The standard InChI is InChI=1S/C13H18N2O2/c1-9(2)13(16)15-14-10(3)11-5-7-12(17-4)8-6-11/h5-9H,1-4H3,(H,15,16)/b14-10+. The van der Waals surface area contributed by atoms with Gasteiger partial charge in [0, 0.05) is 5.92 Å². The van der Waals surface area contributed by atoms with Gasteiger partial charge in [0.05, 0.1) is 12.8 Å². The van der Waals surface area contributed by atoms with Crippen LogP contribution in [0.1, 0.15) is 26.3 Å². The molecule has 0 aliphatic heterocycles. The largest absolute Gasteiger partial charge is 0.497 e. The Labute approximate surface area is 102 Å². The number of hydrogen-bond acceptors (Lipinski definition) is 3. The van der Waals surface area contributed by atoms with E-state index in [9.17, 15) is 4.79 Å². The molecule has 1 N–H and O–H groups in total. The smallest absolute Gasteiger partial charge is 0.242 e. The molecule has 1 aromatic rings. The first-order chi connectivity index (χ1) is 8.04. The summed E-state index contributed by atoms with van der Waals surface area (Å²) in [5.41, 5.74) is 4.25. The lowest BCUT2D eigenvalue weighted by molar-refractivity contribution is -0.123. The molecule has 0 spiro atoms. The highest BCUT2D eigenvalue weighted by Gasteiger charge is 2.05. The maximum absolute atomic E-state index is 11.3. The highest BCUT2D eigenvalue weighted by molar-refractivity contribution is 5.99. The molecule has 0 fully saturated rings. The van der Waals surface area contributed by atoms with Crippen molar-refractivity contribution < 1.29 is 9.53 Å². The summed E-state index contributed by atoms with van der Waals surface area (Å²) in [6.45, 7) is 5.50. The van der Waals surface area contributed by atoms with E-state index >= 15 is 0 Å². The fourth-order valence-corrected chi connectivity index (χ4v) is 1.16. The maximum atomic E-state index is 11.3. The molecular formula is C13H18N2O2. The molecule has 0 aromatic heterocycles. The van der Waals surface area contributed by atoms with Crippen molar-refractivity contribution in [2.45, 2.75) is 20.8 Å². The molecule has 17 heavy (non-hydrogen) atoms. The first kappa shape index (κ1) is 13.2. The van der Waals surface area contributed by atoms with Gasteiger partial charge < -0.3 is 4.74 Å². The number of nitrogens with one attached hydrogen (secondary N) is 1. The summed E-state index contributed by atoms with van der Waals surface area (Å²) in [6, 6.07) is 7.52. The molecule has 0 heterocycles. The van der Waals surface area contributed by atoms with Crippen molar-refractivity contribution in [2.75, 3.05) is 7.11 Å². The van der Waals surface area contributed by atoms with Gasteiger partial charge in [-0.25, -0.2) is 5.43 Å². The van der Waals surface area contributed by atoms with Gasteiger partial charge in [-0.1, -0.05) is 13.8 Å². The van der Waals surface area contributed by atoms with Crippen LogP contribution in [0.2, 0.25) is 0 Å². The van der Waals surface area contributed by atoms with Crippen LogP contribution in [0.5, 0.6) is 5.75 Å². The molecule has 4 nitrogen and oxygen atoms in total. The van der Waals surface area contributed by atoms with Gasteiger partial charge in [-0.3, -0.25) is 4.79 Å². The summed E-state index contributed by atoms with van der Waals surface area (Å²) in [4.78, 5) is 11.3. The average molecular weight is 234 g/mol. The van der Waals surface area contributed by atoms with Crippen LogP contribution in [-0.4, -0.2) is 18.7 Å². The van der Waals surface area contributed by atoms with Crippen LogP contribution in [-0.2, 0) is 4.79 Å². The minimum absolute atomic E-state index is 0.0672. The summed E-state index contributed by atoms with van der Waals surface area (Å²) in [6.07, 6.45) is 0. The van der Waals surface area contributed by atoms with E-state index in [0.717, 1.165) is 17.0 Å². The zero-order valence-electron chi connectivity index (χ0n) is 10.7. The topological polar surface area (TPSA) is 50.7 Å². The van der Waals surface area contributed by atoms with Crippen molar-refractivity contribution in [1.29, 1.82) is 0 Å². The monoisotopic (exact) mass is 234 g/mol. The number of hydrogen-bond donors (Lipinski definition) is 1. The highest BCUT2D eigenvalue weighted by Crippen LogP contribution is 2.11. The number of rotatable bonds is 4. The fraction of sp³-hybridized carbons (Fsp3) is 0.385. The van der Waals surface area contributed by atoms with Gasteiger partial charge in [-0.05, 0) is 36.8 Å². The van der Waals surface area contributed by atoms with Crippen molar-refractivity contribution in [3.8, 4) is 5.75 Å². The molecule has 4 heteroatoms. The van der Waals surface area contributed by atoms with Gasteiger partial charge in [0.2, 0.25) is 5.91 Å². The molecule has 0 bridgehead atoms. The summed E-state index contributed by atoms with van der Waals surface area (Å²) in [7, 11) is 1.62. The Morgan fingerprint density at radius 1 is 1.29 bits per heavy atom. The van der Waals surface area contributed by atoms with E-state index in [0.29, 0.717) is 0 Å². The first-order valence-electron chi connectivity index (χ1n) is 5.53. The molecule has 1 amide bonds. The lowest BCUT2D eigenvalue weighted by atomic mass is 10.1. The van der Waals surface area contributed by atoms with Crippen molar-refractivity contribution in [3.63, 3.8) is 0 Å². The first-order valence-corrected chi connectivity index (χ1v) is 5.53. The van der Waals surface area contributed by atoms with Crippen LogP contribution in [0.3, 0.4) is 0 Å². The van der Waals surface area contributed by atoms with E-state index in [2.05, 4.69) is 10.5 Å². The summed E-state index contributed by atoms with van der Waals surface area (Å²) in [5.74, 6) is 0.646. The predicted molar refractivity (Wildman–Crippen MR) is 68.2 cm³/mol. The fourth-order valence-electron chi connectivity index (χ4n) is 1.16. The van der Waals surface area contributed by atoms with E-state index in [4.69, 9.17) is 4.74 Å². The van der Waals surface area contributed by atoms with Gasteiger partial charge in [0.25, 0.3) is 0 Å². The molecule has 0 aliphatic carbocycles. The van der Waals surface area contributed by atoms with E-state index in [1.54, 1.807) is 7.11 Å². The maximum Gasteiger partial charge on any atom is 0.242 e. The van der Waals surface area contributed by atoms with E-state index in [1.165, 1.54) is 0 Å². The lowest BCUT2D eigenvalue weighted by Crippen LogP contribution is -2.24. The molecular weight excluding hydrogens is 216 g/mol. The Balaban J connectivity index is 2.71. The Kier molecular flexibility index (Phi) is 4.69. The Bertz CT molecular complexity index is 408. The third-order valence-electron chi connectivity index (χ3n) is 2.37. The number of amides is 1. The summed E-state index contributed by atoms with van der Waals surface area (Å²) >= 11 is 0. The number of ether oxygens (including phenoxy) is 1. The van der Waals surface area contributed by atoms with Crippen LogP contribution in [0.4, 0.5) is 0 Å². The number of carbonyl (C=O) groups excluding carboxylic acids is 1. The second kappa shape index (κ2) is 6.03. The van der Waals surface area contributed by atoms with Crippen LogP contribution in [0, 0.1) is 5.92 Å². The zero-order valence-corrected chi connectivity index (χ0v) is 10.7. The third-order valence-corrected chi connectivity index (χ3v) is 2.37. The molecule has 0 radical (unpaired) electrons. The van der Waals surface area contributed by atoms with Gasteiger partial charge in [0.1, 0.15) is 5.75 Å². The van der Waals surface area contributed by atoms with E-state index in [1.807, 2.05) is 45.0 Å². The van der Waals surface area contributed by atoms with Gasteiger partial charge in [0.15, 0.2) is 0 Å². The molecule has 92 valence electrons. The lowest BCUT2D eigenvalue weighted by Gasteiger charge is -2.05. The third kappa shape index (κ3) is 3.90. The van der Waals surface area contributed by atoms with Crippen LogP contribution < -0.4 is 10.2 Å². The Hall–Kier alpha value is -1.84. The molecule has 1 rings (SSSR count). The average Bonchev–Trinajstić information content (AvgIpc) is 2.35. The van der Waals surface area contributed by atoms with Crippen molar-refractivity contribution >= 4 is 11.6 Å². The number of benzene rings is 1. The molecule has 0 atom stereocenters. The van der Waals surface area contributed by atoms with E-state index < -0.39 is 0 Å². The molecule has 1 aromatic carbocycles. The number of nitrogens with zero attached hydrogens (tertiary/aromatic N) is 1. The number of hydrazone groups is 1. The Morgan fingerprint density at radius 3 is 2.35 bits per heavy atom. The molecule has 0 saturated carbocycles. The minimum Gasteiger partial charge on any atom is -0.497 e. The van der Waals surface area contributed by atoms with Crippen molar-refractivity contribution in [3.05, 3.63) is 29.8 Å². The molecule has 0 aliphatic rings. The van der Waals surface area contributed by atoms with Gasteiger partial charge in [-0.15, -0.1) is 0 Å². The van der Waals surface area contributed by atoms with E-state index in [-0.39, 0.29) is 11.8 Å². The minimum atomic E-state index is -0.0853. The van der Waals surface area contributed by atoms with Gasteiger partial charge >= 0.3 is 0 Å². The predicted octanol–water partition coefficient (Wildman–Crippen LogP) is 2.19. The molecule has 0 unspecified atom stereocenters. The molecule has 0 saturated heterocycles. The SMILES string of the molecule is COc1ccc(/C(C)=N/NC(=O)C(C)C)cc1. The second-order valence-electron chi connectivity index (χ2n) is 4.06. The zero-order chi connectivity index (χ0) is 12.8. The number of carbonyl (C=O) groups is 1. The van der Waals surface area contributed by atoms with Crippen LogP contribution >= 0.6 is 0 Å². The van der Waals surface area contributed by atoms with Crippen molar-refractivity contribution in [1.82, 2.24) is 5.43 Å². The van der Waals surface area contributed by atoms with Gasteiger partial charge in [-0.2, -0.15) is 5.10 Å².